The third-order valence-corrected chi connectivity index (χ3v) is 5.07. The number of hydrogen-bond donors (Lipinski definition) is 0. The third kappa shape index (κ3) is 2.68. The minimum Gasteiger partial charge on any atom is -0.497 e. The van der Waals surface area contributed by atoms with Gasteiger partial charge in [-0.15, -0.1) is 17.0 Å². The van der Waals surface area contributed by atoms with Crippen LogP contribution < -0.4 is 4.74 Å². The second-order valence-electron chi connectivity index (χ2n) is 5.99. The van der Waals surface area contributed by atoms with Crippen molar-refractivity contribution in [1.29, 1.82) is 0 Å². The van der Waals surface area contributed by atoms with Gasteiger partial charge in [-0.1, -0.05) is 18.6 Å². The molecule has 1 heterocycles. The molecule has 1 aliphatic carbocycles. The topological polar surface area (TPSA) is 12.5 Å². The Morgan fingerprint density at radius 2 is 2.16 bits per heavy atom. The number of methoxy groups -OCH3 is 1. The summed E-state index contributed by atoms with van der Waals surface area (Å²) in [7, 11) is 4.04. The number of rotatable bonds is 2. The van der Waals surface area contributed by atoms with Gasteiger partial charge in [-0.05, 0) is 62.4 Å². The molecule has 1 aliphatic heterocycles. The van der Waals surface area contributed by atoms with E-state index in [1.807, 2.05) is 0 Å². The molecule has 3 rings (SSSR count). The molecular weight excluding hydrogens is 302 g/mol. The first-order valence-electron chi connectivity index (χ1n) is 7.08. The van der Waals surface area contributed by atoms with Gasteiger partial charge in [-0.25, -0.2) is 0 Å². The summed E-state index contributed by atoms with van der Waals surface area (Å²) in [6.45, 7) is 1.24. The van der Waals surface area contributed by atoms with Gasteiger partial charge in [0.2, 0.25) is 0 Å². The normalized spacial score (nSPS) is 30.5. The molecule has 2 fully saturated rings. The van der Waals surface area contributed by atoms with Crippen molar-refractivity contribution in [3.63, 3.8) is 0 Å². The molecule has 2 bridgehead atoms. The van der Waals surface area contributed by atoms with Crippen molar-refractivity contribution >= 4 is 17.0 Å². The number of piperidine rings is 1. The van der Waals surface area contributed by atoms with E-state index in [0.717, 1.165) is 11.8 Å². The standard InChI is InChI=1S/C16H23NO.BrH/c1-17-10-9-16(8-4-6-14(17)12-16)13-5-3-7-15(11-13)18-2;/h3,5,7,11,14H,4,6,8-10,12H2,1-2H3;1H. The molecule has 0 N–H and O–H groups in total. The Morgan fingerprint density at radius 1 is 1.32 bits per heavy atom. The zero-order valence-corrected chi connectivity index (χ0v) is 13.6. The van der Waals surface area contributed by atoms with Gasteiger partial charge >= 0.3 is 0 Å². The van der Waals surface area contributed by atoms with E-state index in [1.165, 1.54) is 44.2 Å². The van der Waals surface area contributed by atoms with E-state index in [4.69, 9.17) is 4.74 Å². The third-order valence-electron chi connectivity index (χ3n) is 5.07. The lowest BCUT2D eigenvalue weighted by atomic mass is 9.63. The average Bonchev–Trinajstić information content (AvgIpc) is 2.44. The van der Waals surface area contributed by atoms with E-state index in [1.54, 1.807) is 7.11 Å². The van der Waals surface area contributed by atoms with E-state index in [-0.39, 0.29) is 17.0 Å². The Kier molecular flexibility index (Phi) is 4.57. The van der Waals surface area contributed by atoms with Crippen LogP contribution in [0.1, 0.15) is 37.7 Å². The summed E-state index contributed by atoms with van der Waals surface area (Å²) >= 11 is 0. The Labute approximate surface area is 126 Å². The summed E-state index contributed by atoms with van der Waals surface area (Å²) in [6, 6.07) is 9.54. The van der Waals surface area contributed by atoms with Crippen LogP contribution in [0.25, 0.3) is 0 Å². The molecule has 1 aromatic rings. The zero-order valence-electron chi connectivity index (χ0n) is 11.9. The van der Waals surface area contributed by atoms with Gasteiger partial charge in [-0.3, -0.25) is 0 Å². The van der Waals surface area contributed by atoms with Crippen LogP contribution in [-0.4, -0.2) is 31.6 Å². The predicted molar refractivity (Wildman–Crippen MR) is 84.5 cm³/mol. The first-order chi connectivity index (χ1) is 8.73. The van der Waals surface area contributed by atoms with Gasteiger partial charge < -0.3 is 9.64 Å². The molecule has 2 unspecified atom stereocenters. The Bertz CT molecular complexity index is 437. The van der Waals surface area contributed by atoms with Gasteiger partial charge in [0.05, 0.1) is 7.11 Å². The molecule has 2 aliphatic rings. The van der Waals surface area contributed by atoms with Gasteiger partial charge in [0, 0.05) is 6.04 Å². The number of nitrogens with zero attached hydrogens (tertiary/aromatic N) is 1. The first kappa shape index (κ1) is 14.9. The van der Waals surface area contributed by atoms with E-state index in [2.05, 4.69) is 36.2 Å². The fraction of sp³-hybridized carbons (Fsp3) is 0.625. The number of likely N-dealkylation sites (tertiary alicyclic amines) is 1. The van der Waals surface area contributed by atoms with Crippen LogP contribution in [0, 0.1) is 0 Å². The summed E-state index contributed by atoms with van der Waals surface area (Å²) in [5.41, 5.74) is 1.92. The maximum Gasteiger partial charge on any atom is 0.119 e. The molecule has 19 heavy (non-hydrogen) atoms. The first-order valence-corrected chi connectivity index (χ1v) is 7.08. The molecule has 1 aromatic carbocycles. The van der Waals surface area contributed by atoms with Crippen LogP contribution in [0.3, 0.4) is 0 Å². The highest BCUT2D eigenvalue weighted by Crippen LogP contribution is 2.47. The molecule has 0 aromatic heterocycles. The molecule has 1 saturated heterocycles. The zero-order chi connectivity index (χ0) is 12.6. The van der Waals surface area contributed by atoms with Crippen molar-refractivity contribution in [2.45, 2.75) is 43.6 Å². The van der Waals surface area contributed by atoms with Crippen molar-refractivity contribution < 1.29 is 4.74 Å². The van der Waals surface area contributed by atoms with E-state index in [0.29, 0.717) is 5.41 Å². The van der Waals surface area contributed by atoms with E-state index in [9.17, 15) is 0 Å². The van der Waals surface area contributed by atoms with Crippen molar-refractivity contribution in [3.8, 4) is 5.75 Å². The minimum absolute atomic E-state index is 0. The monoisotopic (exact) mass is 325 g/mol. The molecule has 0 radical (unpaired) electrons. The van der Waals surface area contributed by atoms with Crippen LogP contribution in [0.5, 0.6) is 5.75 Å². The molecular formula is C16H24BrNO. The lowest BCUT2D eigenvalue weighted by Crippen LogP contribution is -2.50. The average molecular weight is 326 g/mol. The molecule has 106 valence electrons. The SMILES string of the molecule is Br.COc1cccc(C23CCCC(C2)N(C)CC3)c1. The Hall–Kier alpha value is -0.540. The fourth-order valence-corrected chi connectivity index (χ4v) is 3.87. The van der Waals surface area contributed by atoms with Crippen molar-refractivity contribution in [3.05, 3.63) is 29.8 Å². The molecule has 0 spiro atoms. The number of halogens is 1. The van der Waals surface area contributed by atoms with E-state index < -0.39 is 0 Å². The summed E-state index contributed by atoms with van der Waals surface area (Å²) in [5.74, 6) is 1.00. The predicted octanol–water partition coefficient (Wildman–Crippen LogP) is 3.79. The molecule has 1 saturated carbocycles. The number of ether oxygens (including phenoxy) is 1. The van der Waals surface area contributed by atoms with Crippen LogP contribution in [0.15, 0.2) is 24.3 Å². The second-order valence-corrected chi connectivity index (χ2v) is 5.99. The largest absolute Gasteiger partial charge is 0.497 e. The maximum atomic E-state index is 5.39. The fourth-order valence-electron chi connectivity index (χ4n) is 3.87. The smallest absolute Gasteiger partial charge is 0.119 e. The van der Waals surface area contributed by atoms with Gasteiger partial charge in [0.25, 0.3) is 0 Å². The Balaban J connectivity index is 0.00000133. The summed E-state index contributed by atoms with van der Waals surface area (Å²) in [6.07, 6.45) is 6.72. The molecule has 2 nitrogen and oxygen atoms in total. The van der Waals surface area contributed by atoms with Crippen molar-refractivity contribution in [2.24, 2.45) is 0 Å². The number of hydrogen-bond acceptors (Lipinski definition) is 2. The van der Waals surface area contributed by atoms with Crippen LogP contribution in [0.4, 0.5) is 0 Å². The Morgan fingerprint density at radius 3 is 2.95 bits per heavy atom. The second kappa shape index (κ2) is 5.84. The van der Waals surface area contributed by atoms with Crippen LogP contribution in [0.2, 0.25) is 0 Å². The van der Waals surface area contributed by atoms with Gasteiger partial charge in [-0.2, -0.15) is 0 Å². The van der Waals surface area contributed by atoms with Crippen molar-refractivity contribution in [1.82, 2.24) is 4.90 Å². The lowest BCUT2D eigenvalue weighted by Gasteiger charge is -2.50. The minimum atomic E-state index is 0. The molecule has 3 heteroatoms. The highest BCUT2D eigenvalue weighted by molar-refractivity contribution is 8.93. The molecule has 2 atom stereocenters. The number of fused-ring (bicyclic) bond motifs is 2. The van der Waals surface area contributed by atoms with Gasteiger partial charge in [0.1, 0.15) is 5.75 Å². The quantitative estimate of drug-likeness (QED) is 0.820. The van der Waals surface area contributed by atoms with Crippen LogP contribution >= 0.6 is 17.0 Å². The van der Waals surface area contributed by atoms with Crippen molar-refractivity contribution in [2.75, 3.05) is 20.7 Å². The van der Waals surface area contributed by atoms with Crippen LogP contribution in [-0.2, 0) is 5.41 Å². The van der Waals surface area contributed by atoms with Gasteiger partial charge in [0.15, 0.2) is 0 Å². The maximum absolute atomic E-state index is 5.39. The lowest BCUT2D eigenvalue weighted by molar-refractivity contribution is 0.0719. The summed E-state index contributed by atoms with van der Waals surface area (Å²) < 4.78 is 5.39. The summed E-state index contributed by atoms with van der Waals surface area (Å²) in [5, 5.41) is 0. The van der Waals surface area contributed by atoms with E-state index >= 15 is 0 Å². The highest BCUT2D eigenvalue weighted by Gasteiger charge is 2.42. The summed E-state index contributed by atoms with van der Waals surface area (Å²) in [4.78, 5) is 2.55. The number of benzene rings is 1. The molecule has 0 amide bonds. The highest BCUT2D eigenvalue weighted by atomic mass is 79.9.